The molecule has 0 aliphatic carbocycles. The van der Waals surface area contributed by atoms with Crippen LogP contribution in [0.4, 0.5) is 0 Å². The van der Waals surface area contributed by atoms with Crippen molar-refractivity contribution in [2.45, 2.75) is 0 Å². The van der Waals surface area contributed by atoms with Gasteiger partial charge < -0.3 is 4.42 Å². The quantitative estimate of drug-likeness (QED) is 0.173. The van der Waals surface area contributed by atoms with Crippen LogP contribution in [0.15, 0.2) is 168 Å². The van der Waals surface area contributed by atoms with Gasteiger partial charge in [0.15, 0.2) is 0 Å². The molecule has 4 heterocycles. The number of rotatable bonds is 2. The first kappa shape index (κ1) is 27.7. The highest BCUT2D eigenvalue weighted by Crippen LogP contribution is 2.49. The van der Waals surface area contributed by atoms with E-state index in [2.05, 4.69) is 162 Å². The third-order valence-electron chi connectivity index (χ3n) is 10.9. The molecule has 0 fully saturated rings. The fourth-order valence-electron chi connectivity index (χ4n) is 8.70. The van der Waals surface area contributed by atoms with E-state index in [1.807, 2.05) is 6.07 Å². The average molecular weight is 662 g/mol. The van der Waals surface area contributed by atoms with Crippen molar-refractivity contribution in [3.8, 4) is 22.4 Å². The molecule has 0 radical (unpaired) electrons. The van der Waals surface area contributed by atoms with Gasteiger partial charge in [-0.3, -0.25) is 4.40 Å². The molecule has 240 valence electrons. The van der Waals surface area contributed by atoms with E-state index in [0.717, 1.165) is 93.5 Å². The number of para-hydroxylation sites is 1. The summed E-state index contributed by atoms with van der Waals surface area (Å²) in [6, 6.07) is 56.1. The van der Waals surface area contributed by atoms with Crippen molar-refractivity contribution in [3.05, 3.63) is 164 Å². The second-order valence-corrected chi connectivity index (χ2v) is 13.7. The molecule has 4 aromatic heterocycles. The van der Waals surface area contributed by atoms with E-state index < -0.39 is 0 Å². The summed E-state index contributed by atoms with van der Waals surface area (Å²) in [7, 11) is 0. The Labute approximate surface area is 296 Å². The number of imidazole rings is 1. The van der Waals surface area contributed by atoms with E-state index in [0.29, 0.717) is 0 Å². The third-order valence-corrected chi connectivity index (χ3v) is 10.9. The zero-order valence-corrected chi connectivity index (χ0v) is 27.8. The number of hydrogen-bond donors (Lipinski definition) is 0. The van der Waals surface area contributed by atoms with Crippen LogP contribution in [0.3, 0.4) is 0 Å². The highest BCUT2D eigenvalue weighted by Gasteiger charge is 2.25. The summed E-state index contributed by atoms with van der Waals surface area (Å²) >= 11 is 0. The fourth-order valence-corrected chi connectivity index (χ4v) is 8.70. The maximum absolute atomic E-state index is 6.99. The first-order chi connectivity index (χ1) is 25.8. The minimum absolute atomic E-state index is 0.895. The predicted molar refractivity (Wildman–Crippen MR) is 216 cm³/mol. The summed E-state index contributed by atoms with van der Waals surface area (Å²) in [4.78, 5) is 10.6. The number of nitrogens with zero attached hydrogens (tertiary/aromatic N) is 3. The monoisotopic (exact) mass is 661 g/mol. The van der Waals surface area contributed by atoms with E-state index in [4.69, 9.17) is 14.4 Å². The molecule has 12 rings (SSSR count). The lowest BCUT2D eigenvalue weighted by molar-refractivity contribution is 0.671. The Kier molecular flexibility index (Phi) is 5.47. The number of furan rings is 1. The smallest absolute Gasteiger partial charge is 0.143 e. The predicted octanol–water partition coefficient (Wildman–Crippen LogP) is 12.9. The molecule has 4 nitrogen and oxygen atoms in total. The van der Waals surface area contributed by atoms with Crippen molar-refractivity contribution in [1.29, 1.82) is 0 Å². The van der Waals surface area contributed by atoms with Crippen molar-refractivity contribution in [3.63, 3.8) is 0 Å². The first-order valence-electron chi connectivity index (χ1n) is 17.7. The molecule has 0 bridgehead atoms. The maximum Gasteiger partial charge on any atom is 0.143 e. The zero-order chi connectivity index (χ0) is 33.9. The summed E-state index contributed by atoms with van der Waals surface area (Å²) in [6.07, 6.45) is 2.10. The van der Waals surface area contributed by atoms with Crippen LogP contribution in [-0.4, -0.2) is 14.4 Å². The third kappa shape index (κ3) is 3.70. The molecular weight excluding hydrogens is 635 g/mol. The highest BCUT2D eigenvalue weighted by atomic mass is 16.3. The number of aromatic nitrogens is 3. The molecular formula is C48H27N3O. The van der Waals surface area contributed by atoms with E-state index in [-0.39, 0.29) is 0 Å². The van der Waals surface area contributed by atoms with Crippen LogP contribution in [0.5, 0.6) is 0 Å². The molecule has 0 aliphatic rings. The minimum Gasteiger partial charge on any atom is -0.455 e. The van der Waals surface area contributed by atoms with E-state index >= 15 is 0 Å². The molecule has 0 saturated carbocycles. The van der Waals surface area contributed by atoms with Crippen molar-refractivity contribution in [2.75, 3.05) is 0 Å². The van der Waals surface area contributed by atoms with Crippen LogP contribution in [0.2, 0.25) is 0 Å². The van der Waals surface area contributed by atoms with Gasteiger partial charge in [0.2, 0.25) is 0 Å². The Bertz CT molecular complexity index is 3420. The van der Waals surface area contributed by atoms with Crippen molar-refractivity contribution in [2.24, 2.45) is 0 Å². The van der Waals surface area contributed by atoms with Crippen LogP contribution in [0.25, 0.3) is 115 Å². The van der Waals surface area contributed by atoms with Gasteiger partial charge in [-0.15, -0.1) is 0 Å². The van der Waals surface area contributed by atoms with Crippen LogP contribution in [-0.2, 0) is 0 Å². The zero-order valence-electron chi connectivity index (χ0n) is 27.8. The van der Waals surface area contributed by atoms with Gasteiger partial charge >= 0.3 is 0 Å². The summed E-state index contributed by atoms with van der Waals surface area (Å²) < 4.78 is 9.17. The fraction of sp³-hybridized carbons (Fsp3) is 0. The summed E-state index contributed by atoms with van der Waals surface area (Å²) in [6.45, 7) is 0. The average Bonchev–Trinajstić information content (AvgIpc) is 3.78. The normalized spacial score (nSPS) is 12.2. The lowest BCUT2D eigenvalue weighted by atomic mass is 9.85. The van der Waals surface area contributed by atoms with Crippen molar-refractivity contribution >= 4 is 92.6 Å². The van der Waals surface area contributed by atoms with Gasteiger partial charge in [0.05, 0.1) is 11.2 Å². The summed E-state index contributed by atoms with van der Waals surface area (Å²) in [5.41, 5.74) is 9.85. The maximum atomic E-state index is 6.99. The molecule has 0 amide bonds. The molecule has 0 saturated heterocycles. The van der Waals surface area contributed by atoms with E-state index in [1.54, 1.807) is 0 Å². The first-order valence-corrected chi connectivity index (χ1v) is 17.7. The molecule has 0 aliphatic heterocycles. The Morgan fingerprint density at radius 1 is 0.462 bits per heavy atom. The molecule has 0 unspecified atom stereocenters. The van der Waals surface area contributed by atoms with Crippen molar-refractivity contribution < 1.29 is 4.42 Å². The second kappa shape index (κ2) is 10.3. The molecule has 52 heavy (non-hydrogen) atoms. The SMILES string of the molecule is c1ccc2cc3c(cc2c1)oc1c(-c2c4ccccc4c(-c4nc5ccccc5c5nc6ccccn6c45)c4ccccc24)cc2ccccc2c13. The van der Waals surface area contributed by atoms with Crippen LogP contribution < -0.4 is 0 Å². The molecule has 4 heteroatoms. The summed E-state index contributed by atoms with van der Waals surface area (Å²) in [5, 5.41) is 12.6. The molecule has 8 aromatic carbocycles. The van der Waals surface area contributed by atoms with E-state index in [9.17, 15) is 0 Å². The Morgan fingerprint density at radius 2 is 1.06 bits per heavy atom. The molecule has 0 spiro atoms. The van der Waals surface area contributed by atoms with Gasteiger partial charge in [0.25, 0.3) is 0 Å². The standard InChI is InChI=1S/C48H27N3O/c1-2-14-29-27-40-37(25-28(29)13-1)44-31-16-4-3-15-30(31)26-38(48(44)52-40)42-32-17-5-7-19-34(32)43(35-20-8-6-18-33(35)42)46-47-45(36-21-9-10-22-39(36)49-46)50-41-23-11-12-24-51(41)47/h1-27H. The lowest BCUT2D eigenvalue weighted by Crippen LogP contribution is -1.96. The lowest BCUT2D eigenvalue weighted by Gasteiger charge is -2.18. The Hall–Kier alpha value is -7.04. The Morgan fingerprint density at radius 3 is 1.81 bits per heavy atom. The van der Waals surface area contributed by atoms with Gasteiger partial charge in [0.1, 0.15) is 27.8 Å². The topological polar surface area (TPSA) is 43.3 Å². The van der Waals surface area contributed by atoms with Gasteiger partial charge in [-0.05, 0) is 79.5 Å². The highest BCUT2D eigenvalue weighted by molar-refractivity contribution is 6.29. The molecule has 0 atom stereocenters. The molecule has 12 aromatic rings. The van der Waals surface area contributed by atoms with Crippen LogP contribution in [0, 0.1) is 0 Å². The number of fused-ring (bicyclic) bond motifs is 13. The van der Waals surface area contributed by atoms with Crippen molar-refractivity contribution in [1.82, 2.24) is 14.4 Å². The van der Waals surface area contributed by atoms with Crippen LogP contribution >= 0.6 is 0 Å². The second-order valence-electron chi connectivity index (χ2n) is 13.7. The van der Waals surface area contributed by atoms with Gasteiger partial charge in [-0.2, -0.15) is 0 Å². The number of benzene rings is 8. The largest absolute Gasteiger partial charge is 0.455 e. The van der Waals surface area contributed by atoms with Crippen LogP contribution in [0.1, 0.15) is 0 Å². The Balaban J connectivity index is 1.27. The molecule has 0 N–H and O–H groups in total. The van der Waals surface area contributed by atoms with Gasteiger partial charge in [-0.1, -0.05) is 121 Å². The number of hydrogen-bond acceptors (Lipinski definition) is 3. The van der Waals surface area contributed by atoms with E-state index in [1.165, 1.54) is 21.5 Å². The van der Waals surface area contributed by atoms with Gasteiger partial charge in [0, 0.05) is 39.0 Å². The van der Waals surface area contributed by atoms with Gasteiger partial charge in [-0.25, -0.2) is 9.97 Å². The summed E-state index contributed by atoms with van der Waals surface area (Å²) in [5.74, 6) is 0. The number of pyridine rings is 2. The minimum atomic E-state index is 0.895.